The monoisotopic (exact) mass is 348 g/mol. The first-order valence-corrected chi connectivity index (χ1v) is 8.61. The van der Waals surface area contributed by atoms with Crippen LogP contribution in [0, 0.1) is 0 Å². The van der Waals surface area contributed by atoms with Gasteiger partial charge < -0.3 is 10.1 Å². The van der Waals surface area contributed by atoms with E-state index in [2.05, 4.69) is 29.6 Å². The average Bonchev–Trinajstić information content (AvgIpc) is 2.79. The molecule has 0 amide bonds. The number of para-hydroxylation sites is 2. The molecule has 0 unspecified atom stereocenters. The quantitative estimate of drug-likeness (QED) is 0.691. The summed E-state index contributed by atoms with van der Waals surface area (Å²) in [6, 6.07) is 23.7. The fourth-order valence-electron chi connectivity index (χ4n) is 2.82. The molecule has 0 aromatic heterocycles. The predicted molar refractivity (Wildman–Crippen MR) is 102 cm³/mol. The lowest BCUT2D eigenvalue weighted by Gasteiger charge is -2.12. The Morgan fingerprint density at radius 3 is 2.56 bits per heavy atom. The first-order valence-electron chi connectivity index (χ1n) is 8.23. The Kier molecular flexibility index (Phi) is 4.40. The third-order valence-electron chi connectivity index (χ3n) is 4.06. The van der Waals surface area contributed by atoms with Crippen molar-refractivity contribution < 1.29 is 4.74 Å². The van der Waals surface area contributed by atoms with E-state index in [1.807, 2.05) is 48.5 Å². The SMILES string of the molecule is Clc1ccc2c(c1)C(NCCc1ccccc1)=Nc1ccccc1O2. The summed E-state index contributed by atoms with van der Waals surface area (Å²) >= 11 is 6.20. The van der Waals surface area contributed by atoms with Crippen LogP contribution >= 0.6 is 11.6 Å². The fourth-order valence-corrected chi connectivity index (χ4v) is 2.99. The lowest BCUT2D eigenvalue weighted by Crippen LogP contribution is -2.26. The molecule has 1 heterocycles. The standard InChI is InChI=1S/C21H17ClN2O/c22-16-10-11-19-17(14-16)21(23-13-12-15-6-2-1-3-7-15)24-18-8-4-5-9-20(18)25-19/h1-11,14H,12-13H2,(H,23,24). The summed E-state index contributed by atoms with van der Waals surface area (Å²) in [4.78, 5) is 4.77. The molecule has 0 atom stereocenters. The topological polar surface area (TPSA) is 33.6 Å². The summed E-state index contributed by atoms with van der Waals surface area (Å²) in [5.74, 6) is 2.27. The average molecular weight is 349 g/mol. The van der Waals surface area contributed by atoms with Crippen molar-refractivity contribution in [3.8, 4) is 11.5 Å². The lowest BCUT2D eigenvalue weighted by atomic mass is 10.1. The Morgan fingerprint density at radius 1 is 0.880 bits per heavy atom. The zero-order valence-corrected chi connectivity index (χ0v) is 14.3. The van der Waals surface area contributed by atoms with Crippen molar-refractivity contribution in [2.45, 2.75) is 6.42 Å². The van der Waals surface area contributed by atoms with Crippen LogP contribution in [0.1, 0.15) is 11.1 Å². The maximum atomic E-state index is 6.20. The number of rotatable bonds is 3. The fraction of sp³-hybridized carbons (Fsp3) is 0.0952. The first-order chi connectivity index (χ1) is 12.3. The van der Waals surface area contributed by atoms with Crippen LogP contribution in [0.25, 0.3) is 0 Å². The van der Waals surface area contributed by atoms with Gasteiger partial charge in [-0.2, -0.15) is 0 Å². The van der Waals surface area contributed by atoms with E-state index in [1.165, 1.54) is 5.56 Å². The molecule has 1 N–H and O–H groups in total. The van der Waals surface area contributed by atoms with Crippen LogP contribution in [-0.4, -0.2) is 12.4 Å². The lowest BCUT2D eigenvalue weighted by molar-refractivity contribution is 0.484. The summed E-state index contributed by atoms with van der Waals surface area (Å²) < 4.78 is 6.04. The Morgan fingerprint density at radius 2 is 1.68 bits per heavy atom. The molecule has 1 aliphatic rings. The van der Waals surface area contributed by atoms with E-state index < -0.39 is 0 Å². The molecular formula is C21H17ClN2O. The third kappa shape index (κ3) is 3.52. The second kappa shape index (κ2) is 6.99. The van der Waals surface area contributed by atoms with Gasteiger partial charge in [0, 0.05) is 11.6 Å². The van der Waals surface area contributed by atoms with E-state index in [0.717, 1.165) is 41.6 Å². The molecule has 0 bridgehead atoms. The van der Waals surface area contributed by atoms with E-state index in [-0.39, 0.29) is 0 Å². The second-order valence-corrected chi connectivity index (χ2v) is 6.27. The summed E-state index contributed by atoms with van der Waals surface area (Å²) in [6.45, 7) is 0.775. The van der Waals surface area contributed by atoms with Crippen LogP contribution in [0.15, 0.2) is 77.8 Å². The van der Waals surface area contributed by atoms with Crippen molar-refractivity contribution in [1.82, 2.24) is 5.32 Å². The van der Waals surface area contributed by atoms with Crippen LogP contribution in [0.4, 0.5) is 5.69 Å². The molecule has 1 aliphatic heterocycles. The van der Waals surface area contributed by atoms with Gasteiger partial charge in [-0.1, -0.05) is 54.1 Å². The molecule has 124 valence electrons. The number of nitrogens with zero attached hydrogens (tertiary/aromatic N) is 1. The van der Waals surface area contributed by atoms with Crippen molar-refractivity contribution in [3.05, 3.63) is 88.9 Å². The van der Waals surface area contributed by atoms with Crippen molar-refractivity contribution >= 4 is 23.1 Å². The molecule has 0 fully saturated rings. The van der Waals surface area contributed by atoms with Gasteiger partial charge in [0.2, 0.25) is 0 Å². The summed E-state index contributed by atoms with van der Waals surface area (Å²) in [7, 11) is 0. The first kappa shape index (κ1) is 15.7. The van der Waals surface area contributed by atoms with E-state index in [1.54, 1.807) is 0 Å². The highest BCUT2D eigenvalue weighted by atomic mass is 35.5. The van der Waals surface area contributed by atoms with Gasteiger partial charge in [-0.3, -0.25) is 0 Å². The van der Waals surface area contributed by atoms with E-state index in [4.69, 9.17) is 21.3 Å². The van der Waals surface area contributed by atoms with Gasteiger partial charge in [0.15, 0.2) is 5.75 Å². The van der Waals surface area contributed by atoms with E-state index >= 15 is 0 Å². The van der Waals surface area contributed by atoms with Gasteiger partial charge in [0.25, 0.3) is 0 Å². The van der Waals surface area contributed by atoms with Crippen LogP contribution in [0.3, 0.4) is 0 Å². The van der Waals surface area contributed by atoms with Gasteiger partial charge in [-0.15, -0.1) is 0 Å². The molecule has 25 heavy (non-hydrogen) atoms. The van der Waals surface area contributed by atoms with Gasteiger partial charge in [-0.25, -0.2) is 4.99 Å². The van der Waals surface area contributed by atoms with Crippen molar-refractivity contribution in [3.63, 3.8) is 0 Å². The zero-order valence-electron chi connectivity index (χ0n) is 13.6. The maximum absolute atomic E-state index is 6.20. The second-order valence-electron chi connectivity index (χ2n) is 5.83. The molecule has 3 aromatic carbocycles. The normalized spacial score (nSPS) is 12.3. The van der Waals surface area contributed by atoms with Gasteiger partial charge in [0.1, 0.15) is 17.3 Å². The van der Waals surface area contributed by atoms with Gasteiger partial charge >= 0.3 is 0 Å². The maximum Gasteiger partial charge on any atom is 0.153 e. The number of nitrogens with one attached hydrogen (secondary N) is 1. The minimum Gasteiger partial charge on any atom is -0.454 e. The Labute approximate surface area is 151 Å². The summed E-state index contributed by atoms with van der Waals surface area (Å²) in [5.41, 5.74) is 2.96. The zero-order chi connectivity index (χ0) is 17.1. The highest BCUT2D eigenvalue weighted by molar-refractivity contribution is 6.31. The smallest absolute Gasteiger partial charge is 0.153 e. The number of benzene rings is 3. The number of aliphatic imine (C=N–C) groups is 1. The predicted octanol–water partition coefficient (Wildman–Crippen LogP) is 5.36. The highest BCUT2D eigenvalue weighted by Gasteiger charge is 2.18. The summed E-state index contributed by atoms with van der Waals surface area (Å²) in [6.07, 6.45) is 0.915. The van der Waals surface area contributed by atoms with Crippen LogP contribution in [0.5, 0.6) is 11.5 Å². The largest absolute Gasteiger partial charge is 0.454 e. The van der Waals surface area contributed by atoms with Crippen LogP contribution < -0.4 is 10.1 Å². The molecule has 0 radical (unpaired) electrons. The van der Waals surface area contributed by atoms with Crippen LogP contribution in [0.2, 0.25) is 5.02 Å². The molecule has 0 saturated carbocycles. The number of fused-ring (bicyclic) bond motifs is 2. The number of amidine groups is 1. The van der Waals surface area contributed by atoms with Crippen molar-refractivity contribution in [2.75, 3.05) is 6.54 Å². The number of hydrogen-bond acceptors (Lipinski definition) is 3. The Balaban J connectivity index is 1.64. The molecule has 0 saturated heterocycles. The highest BCUT2D eigenvalue weighted by Crippen LogP contribution is 2.37. The molecule has 4 heteroatoms. The van der Waals surface area contributed by atoms with Gasteiger partial charge in [0.05, 0.1) is 5.56 Å². The molecule has 0 spiro atoms. The van der Waals surface area contributed by atoms with Crippen molar-refractivity contribution in [1.29, 1.82) is 0 Å². The van der Waals surface area contributed by atoms with Gasteiger partial charge in [-0.05, 0) is 42.3 Å². The van der Waals surface area contributed by atoms with E-state index in [9.17, 15) is 0 Å². The molecule has 4 rings (SSSR count). The van der Waals surface area contributed by atoms with Crippen LogP contribution in [-0.2, 0) is 6.42 Å². The Bertz CT molecular complexity index is 922. The number of ether oxygens (including phenoxy) is 1. The number of halogens is 1. The van der Waals surface area contributed by atoms with E-state index in [0.29, 0.717) is 5.02 Å². The molecular weight excluding hydrogens is 332 g/mol. The summed E-state index contributed by atoms with van der Waals surface area (Å²) in [5, 5.41) is 4.10. The molecule has 0 aliphatic carbocycles. The van der Waals surface area contributed by atoms with Crippen molar-refractivity contribution in [2.24, 2.45) is 4.99 Å². The minimum absolute atomic E-state index is 0.658. The number of hydrogen-bond donors (Lipinski definition) is 1. The molecule has 3 aromatic rings. The third-order valence-corrected chi connectivity index (χ3v) is 4.30. The Hall–Kier alpha value is -2.78. The molecule has 3 nitrogen and oxygen atoms in total. The minimum atomic E-state index is 0.658.